The van der Waals surface area contributed by atoms with E-state index in [1.807, 2.05) is 0 Å². The highest BCUT2D eigenvalue weighted by atomic mass is 19.3. The van der Waals surface area contributed by atoms with Gasteiger partial charge in [0.05, 0.1) is 11.3 Å². The number of hydrogen-bond acceptors (Lipinski definition) is 3. The molecular weight excluding hydrogens is 243 g/mol. The molecule has 0 unspecified atom stereocenters. The summed E-state index contributed by atoms with van der Waals surface area (Å²) in [7, 11) is 0. The molecule has 0 aliphatic rings. The number of carbonyl (C=O) groups is 1. The van der Waals surface area contributed by atoms with Crippen LogP contribution in [-0.4, -0.2) is 21.9 Å². The summed E-state index contributed by atoms with van der Waals surface area (Å²) >= 11 is 0. The molecule has 92 valence electrons. The van der Waals surface area contributed by atoms with Gasteiger partial charge in [-0.15, -0.1) is 0 Å². The van der Waals surface area contributed by atoms with Gasteiger partial charge in [-0.05, 0) is 0 Å². The van der Waals surface area contributed by atoms with Gasteiger partial charge in [0.2, 0.25) is 5.82 Å². The van der Waals surface area contributed by atoms with Gasteiger partial charge in [-0.1, -0.05) is 12.1 Å². The van der Waals surface area contributed by atoms with E-state index < -0.39 is 40.3 Å². The van der Waals surface area contributed by atoms with Crippen molar-refractivity contribution in [2.75, 3.05) is 0 Å². The van der Waals surface area contributed by atoms with Gasteiger partial charge in [0.25, 0.3) is 0 Å². The van der Waals surface area contributed by atoms with E-state index in [-0.39, 0.29) is 0 Å². The summed E-state index contributed by atoms with van der Waals surface area (Å²) in [6.07, 6.45) is -1.43. The molecule has 5 nitrogen and oxygen atoms in total. The molecule has 0 saturated carbocycles. The Morgan fingerprint density at radius 2 is 2.06 bits per heavy atom. The molecular formula is C9H6F3NO4. The van der Waals surface area contributed by atoms with Crippen molar-refractivity contribution in [2.45, 2.75) is 12.3 Å². The average molecular weight is 249 g/mol. The third-order valence-corrected chi connectivity index (χ3v) is 1.98. The number of halogens is 3. The van der Waals surface area contributed by atoms with Crippen LogP contribution in [0, 0.1) is 15.9 Å². The molecule has 1 rings (SSSR count). The Balaban J connectivity index is 3.13. The highest BCUT2D eigenvalue weighted by Crippen LogP contribution is 2.26. The van der Waals surface area contributed by atoms with Crippen molar-refractivity contribution in [3.63, 3.8) is 0 Å². The topological polar surface area (TPSA) is 80.4 Å². The number of hydrogen-bond donors (Lipinski definition) is 1. The van der Waals surface area contributed by atoms with Gasteiger partial charge in [0.1, 0.15) is 0 Å². The van der Waals surface area contributed by atoms with Crippen molar-refractivity contribution in [1.82, 2.24) is 0 Å². The first-order valence-electron chi connectivity index (χ1n) is 4.28. The molecule has 0 aliphatic carbocycles. The number of aliphatic carboxylic acids is 1. The van der Waals surface area contributed by atoms with Crippen LogP contribution in [0.25, 0.3) is 0 Å². The second kappa shape index (κ2) is 4.40. The van der Waals surface area contributed by atoms with Crippen molar-refractivity contribution in [3.05, 3.63) is 39.7 Å². The maximum Gasteiger partial charge on any atom is 0.374 e. The van der Waals surface area contributed by atoms with Crippen LogP contribution in [0.15, 0.2) is 18.2 Å². The SMILES string of the molecule is O=C(O)C(F)(F)Cc1cccc([N+](=O)[O-])c1F. The van der Waals surface area contributed by atoms with Crippen LogP contribution in [0.3, 0.4) is 0 Å². The molecule has 0 spiro atoms. The fraction of sp³-hybridized carbons (Fsp3) is 0.222. The Bertz CT molecular complexity index is 475. The summed E-state index contributed by atoms with van der Waals surface area (Å²) in [6, 6.07) is 2.69. The first-order valence-corrected chi connectivity index (χ1v) is 4.28. The summed E-state index contributed by atoms with van der Waals surface area (Å²) in [5, 5.41) is 18.5. The zero-order chi connectivity index (χ0) is 13.2. The third-order valence-electron chi connectivity index (χ3n) is 1.98. The van der Waals surface area contributed by atoms with E-state index in [9.17, 15) is 28.1 Å². The van der Waals surface area contributed by atoms with Crippen LogP contribution in [-0.2, 0) is 11.2 Å². The Morgan fingerprint density at radius 3 is 2.53 bits per heavy atom. The van der Waals surface area contributed by atoms with Gasteiger partial charge in [-0.25, -0.2) is 4.79 Å². The summed E-state index contributed by atoms with van der Waals surface area (Å²) in [5.41, 5.74) is -1.68. The summed E-state index contributed by atoms with van der Waals surface area (Å²) in [4.78, 5) is 19.4. The molecule has 1 N–H and O–H groups in total. The second-order valence-corrected chi connectivity index (χ2v) is 3.19. The lowest BCUT2D eigenvalue weighted by Gasteiger charge is -2.11. The lowest BCUT2D eigenvalue weighted by atomic mass is 10.1. The summed E-state index contributed by atoms with van der Waals surface area (Å²) in [5.74, 6) is -8.03. The van der Waals surface area contributed by atoms with Crippen LogP contribution < -0.4 is 0 Å². The van der Waals surface area contributed by atoms with Gasteiger partial charge < -0.3 is 5.11 Å². The lowest BCUT2D eigenvalue weighted by Crippen LogP contribution is -2.31. The molecule has 0 atom stereocenters. The number of carboxylic acids is 1. The second-order valence-electron chi connectivity index (χ2n) is 3.19. The number of alkyl halides is 2. The standard InChI is InChI=1S/C9H6F3NO4/c10-7-5(4-9(11,12)8(14)15)2-1-3-6(7)13(16)17/h1-3H,4H2,(H,14,15). The van der Waals surface area contributed by atoms with Crippen molar-refractivity contribution in [2.24, 2.45) is 0 Å². The quantitative estimate of drug-likeness (QED) is 0.653. The maximum absolute atomic E-state index is 13.3. The molecule has 0 saturated heterocycles. The van der Waals surface area contributed by atoms with Crippen molar-refractivity contribution in [3.8, 4) is 0 Å². The number of nitrogens with zero attached hydrogens (tertiary/aromatic N) is 1. The van der Waals surface area contributed by atoms with E-state index in [2.05, 4.69) is 0 Å². The fourth-order valence-electron chi connectivity index (χ4n) is 1.16. The van der Waals surface area contributed by atoms with Crippen LogP contribution in [0.4, 0.5) is 18.9 Å². The van der Waals surface area contributed by atoms with E-state index >= 15 is 0 Å². The van der Waals surface area contributed by atoms with Crippen molar-refractivity contribution in [1.29, 1.82) is 0 Å². The molecule has 0 aliphatic heterocycles. The van der Waals surface area contributed by atoms with Crippen molar-refractivity contribution >= 4 is 11.7 Å². The zero-order valence-electron chi connectivity index (χ0n) is 8.19. The summed E-state index contributed by atoms with van der Waals surface area (Å²) < 4.78 is 39.0. The number of nitro groups is 1. The van der Waals surface area contributed by atoms with Gasteiger partial charge >= 0.3 is 17.6 Å². The van der Waals surface area contributed by atoms with Crippen molar-refractivity contribution < 1.29 is 28.0 Å². The van der Waals surface area contributed by atoms with E-state index in [0.717, 1.165) is 18.2 Å². The largest absolute Gasteiger partial charge is 0.477 e. The van der Waals surface area contributed by atoms with Gasteiger partial charge in [0, 0.05) is 11.6 Å². The predicted octanol–water partition coefficient (Wildman–Crippen LogP) is 2.00. The average Bonchev–Trinajstić information content (AvgIpc) is 2.20. The molecule has 1 aromatic rings. The molecule has 0 amide bonds. The minimum absolute atomic E-state index is 0.716. The van der Waals surface area contributed by atoms with E-state index in [4.69, 9.17) is 5.11 Å². The minimum atomic E-state index is -4.17. The fourth-order valence-corrected chi connectivity index (χ4v) is 1.16. The predicted molar refractivity (Wildman–Crippen MR) is 49.3 cm³/mol. The van der Waals surface area contributed by atoms with E-state index in [0.29, 0.717) is 0 Å². The number of nitro benzene ring substituents is 1. The Hall–Kier alpha value is -2.12. The minimum Gasteiger partial charge on any atom is -0.477 e. The Morgan fingerprint density at radius 1 is 1.47 bits per heavy atom. The summed E-state index contributed by atoms with van der Waals surface area (Å²) in [6.45, 7) is 0. The van der Waals surface area contributed by atoms with Gasteiger partial charge in [0.15, 0.2) is 0 Å². The highest BCUT2D eigenvalue weighted by Gasteiger charge is 2.40. The van der Waals surface area contributed by atoms with Gasteiger partial charge in [-0.2, -0.15) is 13.2 Å². The Kier molecular flexibility index (Phi) is 3.35. The molecule has 0 fully saturated rings. The van der Waals surface area contributed by atoms with Gasteiger partial charge in [-0.3, -0.25) is 10.1 Å². The number of carboxylic acid groups (broad SMARTS) is 1. The van der Waals surface area contributed by atoms with Crippen LogP contribution in [0.5, 0.6) is 0 Å². The molecule has 0 radical (unpaired) electrons. The zero-order valence-corrected chi connectivity index (χ0v) is 8.19. The van der Waals surface area contributed by atoms with Crippen LogP contribution in [0.1, 0.15) is 5.56 Å². The first kappa shape index (κ1) is 12.9. The molecule has 0 heterocycles. The normalized spacial score (nSPS) is 11.2. The van der Waals surface area contributed by atoms with E-state index in [1.54, 1.807) is 0 Å². The molecule has 8 heteroatoms. The van der Waals surface area contributed by atoms with E-state index in [1.165, 1.54) is 0 Å². The molecule has 1 aromatic carbocycles. The highest BCUT2D eigenvalue weighted by molar-refractivity contribution is 5.75. The number of rotatable bonds is 4. The maximum atomic E-state index is 13.3. The van der Waals surface area contributed by atoms with Crippen LogP contribution in [0.2, 0.25) is 0 Å². The molecule has 0 aromatic heterocycles. The third kappa shape index (κ3) is 2.71. The Labute approximate surface area is 92.6 Å². The number of benzene rings is 1. The first-order chi connectivity index (χ1) is 7.75. The lowest BCUT2D eigenvalue weighted by molar-refractivity contribution is -0.387. The smallest absolute Gasteiger partial charge is 0.374 e. The van der Waals surface area contributed by atoms with Crippen LogP contribution >= 0.6 is 0 Å². The molecule has 0 bridgehead atoms. The monoisotopic (exact) mass is 249 g/mol. The molecule has 17 heavy (non-hydrogen) atoms.